The number of thiophene rings is 1. The molecule has 2 saturated carbocycles. The minimum Gasteiger partial charge on any atom is -0.455 e. The first-order valence-corrected chi connectivity index (χ1v) is 9.15. The SMILES string of the molecule is O=C(OCc1nc(-c2cccs2)no1)C1C[C@@H]2CCC[C@@H](C1)C2=O. The molecule has 2 aromatic heterocycles. The van der Waals surface area contributed by atoms with Crippen LogP contribution in [0.1, 0.15) is 38.0 Å². The Hall–Kier alpha value is -2.02. The molecule has 24 heavy (non-hydrogen) atoms. The van der Waals surface area contributed by atoms with Crippen LogP contribution in [0.15, 0.2) is 22.0 Å². The quantitative estimate of drug-likeness (QED) is 0.791. The van der Waals surface area contributed by atoms with Crippen LogP contribution < -0.4 is 0 Å². The number of hydrogen-bond acceptors (Lipinski definition) is 7. The van der Waals surface area contributed by atoms with E-state index in [1.54, 1.807) is 0 Å². The summed E-state index contributed by atoms with van der Waals surface area (Å²) in [6, 6.07) is 3.82. The topological polar surface area (TPSA) is 82.3 Å². The van der Waals surface area contributed by atoms with Gasteiger partial charge in [0.25, 0.3) is 5.89 Å². The highest BCUT2D eigenvalue weighted by atomic mass is 32.1. The predicted octanol–water partition coefficient (Wildman–Crippen LogP) is 3.24. The molecule has 2 atom stereocenters. The van der Waals surface area contributed by atoms with Gasteiger partial charge < -0.3 is 9.26 Å². The summed E-state index contributed by atoms with van der Waals surface area (Å²) in [5, 5.41) is 5.83. The number of carbonyl (C=O) groups is 2. The molecule has 2 heterocycles. The highest BCUT2D eigenvalue weighted by Crippen LogP contribution is 2.40. The summed E-state index contributed by atoms with van der Waals surface area (Å²) >= 11 is 1.52. The summed E-state index contributed by atoms with van der Waals surface area (Å²) in [4.78, 5) is 29.6. The molecule has 4 rings (SSSR count). The van der Waals surface area contributed by atoms with Crippen molar-refractivity contribution in [3.05, 3.63) is 23.4 Å². The van der Waals surface area contributed by atoms with Gasteiger partial charge in [0.05, 0.1) is 10.8 Å². The third kappa shape index (κ3) is 3.00. The van der Waals surface area contributed by atoms with Crippen molar-refractivity contribution in [3.8, 4) is 10.7 Å². The van der Waals surface area contributed by atoms with Gasteiger partial charge in [-0.2, -0.15) is 4.98 Å². The molecule has 0 radical (unpaired) electrons. The van der Waals surface area contributed by atoms with Gasteiger partial charge in [-0.3, -0.25) is 9.59 Å². The van der Waals surface area contributed by atoms with E-state index >= 15 is 0 Å². The maximum absolute atomic E-state index is 12.3. The number of hydrogen-bond donors (Lipinski definition) is 0. The van der Waals surface area contributed by atoms with Crippen molar-refractivity contribution >= 4 is 23.1 Å². The maximum atomic E-state index is 12.3. The van der Waals surface area contributed by atoms with E-state index in [0.29, 0.717) is 30.3 Å². The number of carbonyl (C=O) groups excluding carboxylic acids is 2. The Bertz CT molecular complexity index is 724. The standard InChI is InChI=1S/C17H18N2O4S/c20-15-10-3-1-4-11(15)8-12(7-10)17(21)22-9-14-18-16(19-23-14)13-5-2-6-24-13/h2,5-6,10-12H,1,3-4,7-9H2/t10-,11-/m0/s1. The van der Waals surface area contributed by atoms with E-state index < -0.39 is 0 Å². The Morgan fingerprint density at radius 1 is 1.33 bits per heavy atom. The zero-order valence-corrected chi connectivity index (χ0v) is 14.0. The molecule has 0 unspecified atom stereocenters. The summed E-state index contributed by atoms with van der Waals surface area (Å²) in [5.74, 6) is 0.802. The molecule has 0 aliphatic heterocycles. The van der Waals surface area contributed by atoms with Gasteiger partial charge in [0.1, 0.15) is 5.78 Å². The van der Waals surface area contributed by atoms with Crippen LogP contribution in [0, 0.1) is 17.8 Å². The van der Waals surface area contributed by atoms with E-state index in [-0.39, 0.29) is 30.3 Å². The van der Waals surface area contributed by atoms with Crippen LogP contribution in [0.25, 0.3) is 10.7 Å². The molecule has 0 N–H and O–H groups in total. The first kappa shape index (κ1) is 15.5. The summed E-state index contributed by atoms with van der Waals surface area (Å²) in [6.45, 7) is -0.0169. The second-order valence-corrected chi connectivity index (χ2v) is 7.44. The first-order chi connectivity index (χ1) is 11.7. The lowest BCUT2D eigenvalue weighted by Gasteiger charge is -2.36. The van der Waals surface area contributed by atoms with Crippen molar-refractivity contribution in [2.24, 2.45) is 17.8 Å². The van der Waals surface area contributed by atoms with Gasteiger partial charge in [0.15, 0.2) is 6.61 Å². The molecule has 2 fully saturated rings. The number of ketones is 1. The van der Waals surface area contributed by atoms with Gasteiger partial charge in [-0.1, -0.05) is 17.6 Å². The van der Waals surface area contributed by atoms with Gasteiger partial charge in [0, 0.05) is 11.8 Å². The Morgan fingerprint density at radius 3 is 2.83 bits per heavy atom. The number of nitrogens with zero attached hydrogens (tertiary/aromatic N) is 2. The largest absolute Gasteiger partial charge is 0.455 e. The van der Waals surface area contributed by atoms with E-state index in [0.717, 1.165) is 24.1 Å². The monoisotopic (exact) mass is 346 g/mol. The maximum Gasteiger partial charge on any atom is 0.309 e. The van der Waals surface area contributed by atoms with Crippen molar-refractivity contribution < 1.29 is 18.8 Å². The van der Waals surface area contributed by atoms with Crippen LogP contribution in [-0.4, -0.2) is 21.9 Å². The van der Waals surface area contributed by atoms with Crippen molar-refractivity contribution in [2.45, 2.75) is 38.7 Å². The van der Waals surface area contributed by atoms with E-state index in [9.17, 15) is 9.59 Å². The Labute approximate surface area is 143 Å². The van der Waals surface area contributed by atoms with Crippen molar-refractivity contribution in [2.75, 3.05) is 0 Å². The highest BCUT2D eigenvalue weighted by molar-refractivity contribution is 7.13. The van der Waals surface area contributed by atoms with Gasteiger partial charge in [-0.05, 0) is 37.1 Å². The summed E-state index contributed by atoms with van der Waals surface area (Å²) in [5.41, 5.74) is 0. The molecule has 7 heteroatoms. The minimum absolute atomic E-state index is 0.0169. The van der Waals surface area contributed by atoms with Gasteiger partial charge in [-0.15, -0.1) is 11.3 Å². The molecule has 126 valence electrons. The molecule has 2 aromatic rings. The summed E-state index contributed by atoms with van der Waals surface area (Å²) < 4.78 is 10.5. The van der Waals surface area contributed by atoms with Crippen LogP contribution in [0.5, 0.6) is 0 Å². The number of esters is 1. The lowest BCUT2D eigenvalue weighted by Crippen LogP contribution is -2.39. The van der Waals surface area contributed by atoms with E-state index in [1.165, 1.54) is 11.3 Å². The second kappa shape index (κ2) is 6.47. The summed E-state index contributed by atoms with van der Waals surface area (Å²) in [7, 11) is 0. The first-order valence-electron chi connectivity index (χ1n) is 8.27. The van der Waals surface area contributed by atoms with E-state index in [1.807, 2.05) is 17.5 Å². The van der Waals surface area contributed by atoms with Crippen LogP contribution in [0.2, 0.25) is 0 Å². The fraction of sp³-hybridized carbons (Fsp3) is 0.529. The molecule has 0 aromatic carbocycles. The lowest BCUT2D eigenvalue weighted by atomic mass is 9.67. The number of Topliss-reactive ketones (excluding diaryl/α,β-unsaturated/α-hetero) is 1. The van der Waals surface area contributed by atoms with Gasteiger partial charge >= 0.3 is 5.97 Å². The zero-order chi connectivity index (χ0) is 16.5. The minimum atomic E-state index is -0.254. The number of ether oxygens (including phenoxy) is 1. The fourth-order valence-corrected chi connectivity index (χ4v) is 4.39. The number of rotatable bonds is 4. The zero-order valence-electron chi connectivity index (χ0n) is 13.1. The van der Waals surface area contributed by atoms with Crippen LogP contribution in [0.4, 0.5) is 0 Å². The number of fused-ring (bicyclic) bond motifs is 2. The average Bonchev–Trinajstić information content (AvgIpc) is 3.23. The second-order valence-electron chi connectivity index (χ2n) is 6.49. The highest BCUT2D eigenvalue weighted by Gasteiger charge is 2.41. The molecule has 6 nitrogen and oxygen atoms in total. The van der Waals surface area contributed by atoms with E-state index in [2.05, 4.69) is 10.1 Å². The molecule has 0 spiro atoms. The van der Waals surface area contributed by atoms with Gasteiger partial charge in [0.2, 0.25) is 5.82 Å². The molecule has 2 aliphatic carbocycles. The van der Waals surface area contributed by atoms with Crippen molar-refractivity contribution in [1.29, 1.82) is 0 Å². The molecule has 2 aliphatic rings. The average molecular weight is 346 g/mol. The Kier molecular flexibility index (Phi) is 4.18. The molecule has 0 saturated heterocycles. The van der Waals surface area contributed by atoms with Crippen molar-refractivity contribution in [3.63, 3.8) is 0 Å². The van der Waals surface area contributed by atoms with Gasteiger partial charge in [-0.25, -0.2) is 0 Å². The van der Waals surface area contributed by atoms with E-state index in [4.69, 9.17) is 9.26 Å². The number of aromatic nitrogens is 2. The smallest absolute Gasteiger partial charge is 0.309 e. The fourth-order valence-electron chi connectivity index (χ4n) is 3.74. The molecular formula is C17H18N2O4S. The molecule has 2 bridgehead atoms. The van der Waals surface area contributed by atoms with Crippen LogP contribution in [-0.2, 0) is 20.9 Å². The third-order valence-corrected chi connectivity index (χ3v) is 5.79. The molecule has 0 amide bonds. The normalized spacial score (nSPS) is 26.3. The van der Waals surface area contributed by atoms with Crippen molar-refractivity contribution in [1.82, 2.24) is 10.1 Å². The Morgan fingerprint density at radius 2 is 2.12 bits per heavy atom. The summed E-state index contributed by atoms with van der Waals surface area (Å²) in [6.07, 6.45) is 4.16. The third-order valence-electron chi connectivity index (χ3n) is 4.93. The molecular weight excluding hydrogens is 328 g/mol. The van der Waals surface area contributed by atoms with Crippen LogP contribution >= 0.6 is 11.3 Å². The lowest BCUT2D eigenvalue weighted by molar-refractivity contribution is -0.155. The van der Waals surface area contributed by atoms with Crippen LogP contribution in [0.3, 0.4) is 0 Å². The predicted molar refractivity (Wildman–Crippen MR) is 86.0 cm³/mol. The Balaban J connectivity index is 1.34.